The summed E-state index contributed by atoms with van der Waals surface area (Å²) in [5, 5.41) is 11.5. The topological polar surface area (TPSA) is 89.4 Å². The maximum absolute atomic E-state index is 14.2. The Balaban J connectivity index is 1.80. The fraction of sp³-hybridized carbons (Fsp3) is 0.333. The third-order valence-electron chi connectivity index (χ3n) is 6.22. The number of ether oxygens (including phenoxy) is 1. The monoisotopic (exact) mass is 513 g/mol. The van der Waals surface area contributed by atoms with Crippen LogP contribution in [0.25, 0.3) is 11.0 Å². The molecule has 4 aromatic rings. The van der Waals surface area contributed by atoms with Gasteiger partial charge in [-0.3, -0.25) is 9.59 Å². The van der Waals surface area contributed by atoms with Gasteiger partial charge in [-0.1, -0.05) is 59.8 Å². The van der Waals surface area contributed by atoms with Crippen LogP contribution in [0, 0.1) is 0 Å². The number of aromatic nitrogens is 3. The van der Waals surface area contributed by atoms with Gasteiger partial charge in [0.2, 0.25) is 11.8 Å². The van der Waals surface area contributed by atoms with Crippen LogP contribution in [0.4, 0.5) is 0 Å². The molecule has 8 heteroatoms. The Hall–Kier alpha value is -4.20. The molecule has 0 unspecified atom stereocenters. The fourth-order valence-corrected chi connectivity index (χ4v) is 4.51. The molecule has 2 amide bonds. The number of rotatable bonds is 9. The molecule has 0 aliphatic heterocycles. The van der Waals surface area contributed by atoms with Crippen LogP contribution in [-0.4, -0.2) is 43.9 Å². The zero-order valence-electron chi connectivity index (χ0n) is 22.6. The Labute approximate surface area is 223 Å². The molecular weight excluding hydrogens is 478 g/mol. The Bertz CT molecular complexity index is 1380. The Morgan fingerprint density at radius 2 is 1.61 bits per heavy atom. The van der Waals surface area contributed by atoms with Gasteiger partial charge in [-0.2, -0.15) is 0 Å². The second-order valence-corrected chi connectivity index (χ2v) is 10.3. The summed E-state index contributed by atoms with van der Waals surface area (Å²) in [5.41, 5.74) is 2.58. The SMILES string of the molecule is CCOc1ccc([C@H](C(=O)NC(C)(C)C)N(C(=O)Cn2nnc3ccccc32)[C@@H](C)c2ccccc2)cc1. The predicted octanol–water partition coefficient (Wildman–Crippen LogP) is 5.08. The number of nitrogens with one attached hydrogen (secondary N) is 1. The lowest BCUT2D eigenvalue weighted by Crippen LogP contribution is -2.50. The quantitative estimate of drug-likeness (QED) is 0.337. The minimum atomic E-state index is -0.887. The van der Waals surface area contributed by atoms with E-state index in [4.69, 9.17) is 4.74 Å². The molecular formula is C30H35N5O3. The molecule has 0 aliphatic carbocycles. The molecule has 0 saturated carbocycles. The Morgan fingerprint density at radius 3 is 2.26 bits per heavy atom. The van der Waals surface area contributed by atoms with Gasteiger partial charge in [-0.05, 0) is 70.0 Å². The normalized spacial score (nSPS) is 13.1. The maximum atomic E-state index is 14.2. The maximum Gasteiger partial charge on any atom is 0.247 e. The van der Waals surface area contributed by atoms with Crippen LogP contribution in [0.5, 0.6) is 5.75 Å². The summed E-state index contributed by atoms with van der Waals surface area (Å²) < 4.78 is 7.20. The van der Waals surface area contributed by atoms with E-state index in [0.717, 1.165) is 11.1 Å². The Morgan fingerprint density at radius 1 is 0.947 bits per heavy atom. The van der Waals surface area contributed by atoms with Crippen LogP contribution >= 0.6 is 0 Å². The van der Waals surface area contributed by atoms with Crippen LogP contribution in [0.15, 0.2) is 78.9 Å². The van der Waals surface area contributed by atoms with Crippen molar-refractivity contribution in [3.63, 3.8) is 0 Å². The van der Waals surface area contributed by atoms with Gasteiger partial charge in [0.1, 0.15) is 23.9 Å². The van der Waals surface area contributed by atoms with Crippen molar-refractivity contribution < 1.29 is 14.3 Å². The van der Waals surface area contributed by atoms with Crippen molar-refractivity contribution in [1.82, 2.24) is 25.2 Å². The zero-order valence-corrected chi connectivity index (χ0v) is 22.6. The van der Waals surface area contributed by atoms with Crippen LogP contribution in [-0.2, 0) is 16.1 Å². The lowest BCUT2D eigenvalue weighted by atomic mass is 9.97. The van der Waals surface area contributed by atoms with Gasteiger partial charge >= 0.3 is 0 Å². The number of para-hydroxylation sites is 1. The molecule has 1 aromatic heterocycles. The van der Waals surface area contributed by atoms with E-state index >= 15 is 0 Å². The van der Waals surface area contributed by atoms with Gasteiger partial charge in [-0.25, -0.2) is 4.68 Å². The number of carbonyl (C=O) groups excluding carboxylic acids is 2. The largest absolute Gasteiger partial charge is 0.494 e. The third kappa shape index (κ3) is 6.19. The highest BCUT2D eigenvalue weighted by atomic mass is 16.5. The number of benzene rings is 3. The fourth-order valence-electron chi connectivity index (χ4n) is 4.51. The van der Waals surface area contributed by atoms with E-state index in [1.165, 1.54) is 0 Å². The summed E-state index contributed by atoms with van der Waals surface area (Å²) in [6.07, 6.45) is 0. The van der Waals surface area contributed by atoms with Crippen molar-refractivity contribution in [2.75, 3.05) is 6.61 Å². The van der Waals surface area contributed by atoms with E-state index in [-0.39, 0.29) is 18.4 Å². The molecule has 0 radical (unpaired) electrons. The molecule has 1 N–H and O–H groups in total. The zero-order chi connectivity index (χ0) is 27.3. The van der Waals surface area contributed by atoms with E-state index in [1.54, 1.807) is 9.58 Å². The number of hydrogen-bond donors (Lipinski definition) is 1. The molecule has 2 atom stereocenters. The van der Waals surface area contributed by atoms with Crippen molar-refractivity contribution in [1.29, 1.82) is 0 Å². The van der Waals surface area contributed by atoms with Crippen LogP contribution in [0.2, 0.25) is 0 Å². The third-order valence-corrected chi connectivity index (χ3v) is 6.22. The van der Waals surface area contributed by atoms with Gasteiger partial charge in [0.25, 0.3) is 0 Å². The van der Waals surface area contributed by atoms with E-state index in [2.05, 4.69) is 15.6 Å². The van der Waals surface area contributed by atoms with E-state index in [9.17, 15) is 9.59 Å². The van der Waals surface area contributed by atoms with Crippen LogP contribution in [0.1, 0.15) is 57.8 Å². The van der Waals surface area contributed by atoms with Crippen LogP contribution < -0.4 is 10.1 Å². The van der Waals surface area contributed by atoms with E-state index in [0.29, 0.717) is 23.4 Å². The predicted molar refractivity (Wildman–Crippen MR) is 147 cm³/mol. The first-order valence-corrected chi connectivity index (χ1v) is 12.9. The molecule has 38 heavy (non-hydrogen) atoms. The smallest absolute Gasteiger partial charge is 0.247 e. The highest BCUT2D eigenvalue weighted by Crippen LogP contribution is 2.33. The molecule has 0 fully saturated rings. The first kappa shape index (κ1) is 26.9. The summed E-state index contributed by atoms with van der Waals surface area (Å²) in [5.74, 6) is 0.190. The summed E-state index contributed by atoms with van der Waals surface area (Å²) in [6.45, 7) is 10.1. The summed E-state index contributed by atoms with van der Waals surface area (Å²) in [7, 11) is 0. The van der Waals surface area contributed by atoms with Gasteiger partial charge in [0.15, 0.2) is 0 Å². The second-order valence-electron chi connectivity index (χ2n) is 10.3. The molecule has 0 bridgehead atoms. The highest BCUT2D eigenvalue weighted by Gasteiger charge is 2.37. The lowest BCUT2D eigenvalue weighted by Gasteiger charge is -2.38. The summed E-state index contributed by atoms with van der Waals surface area (Å²) in [4.78, 5) is 29.7. The first-order valence-electron chi connectivity index (χ1n) is 12.9. The number of fused-ring (bicyclic) bond motifs is 1. The molecule has 8 nitrogen and oxygen atoms in total. The number of carbonyl (C=O) groups is 2. The number of nitrogens with zero attached hydrogens (tertiary/aromatic N) is 4. The number of hydrogen-bond acceptors (Lipinski definition) is 5. The van der Waals surface area contributed by atoms with E-state index < -0.39 is 17.6 Å². The van der Waals surface area contributed by atoms with Crippen molar-refractivity contribution in [2.24, 2.45) is 0 Å². The second kappa shape index (κ2) is 11.5. The van der Waals surface area contributed by atoms with Gasteiger partial charge < -0.3 is 15.0 Å². The first-order chi connectivity index (χ1) is 18.2. The molecule has 0 spiro atoms. The standard InChI is InChI=1S/C30H35N5O3/c1-6-38-24-18-16-23(17-19-24)28(29(37)31-30(3,4)5)35(21(2)22-12-8-7-9-13-22)27(36)20-34-26-15-11-10-14-25(26)32-33-34/h7-19,21,28H,6,20H2,1-5H3,(H,31,37)/t21-,28+/m0/s1. The van der Waals surface area contributed by atoms with Crippen molar-refractivity contribution in [3.05, 3.63) is 90.0 Å². The van der Waals surface area contributed by atoms with E-state index in [1.807, 2.05) is 113 Å². The van der Waals surface area contributed by atoms with Gasteiger partial charge in [0.05, 0.1) is 18.2 Å². The molecule has 1 heterocycles. The summed E-state index contributed by atoms with van der Waals surface area (Å²) >= 11 is 0. The average molecular weight is 514 g/mol. The summed E-state index contributed by atoms with van der Waals surface area (Å²) in [6, 6.07) is 23.3. The lowest BCUT2D eigenvalue weighted by molar-refractivity contribution is -0.144. The van der Waals surface area contributed by atoms with Gasteiger partial charge in [-0.15, -0.1) is 5.10 Å². The van der Waals surface area contributed by atoms with Crippen molar-refractivity contribution >= 4 is 22.8 Å². The molecule has 0 aliphatic rings. The number of amides is 2. The molecule has 3 aromatic carbocycles. The molecule has 198 valence electrons. The minimum absolute atomic E-state index is 0.0615. The van der Waals surface area contributed by atoms with Gasteiger partial charge in [0, 0.05) is 5.54 Å². The highest BCUT2D eigenvalue weighted by molar-refractivity contribution is 5.90. The minimum Gasteiger partial charge on any atom is -0.494 e. The molecule has 4 rings (SSSR count). The Kier molecular flexibility index (Phi) is 8.10. The van der Waals surface area contributed by atoms with Crippen molar-refractivity contribution in [3.8, 4) is 5.75 Å². The van der Waals surface area contributed by atoms with Crippen molar-refractivity contribution in [2.45, 2.75) is 58.8 Å². The molecule has 0 saturated heterocycles. The average Bonchev–Trinajstić information content (AvgIpc) is 3.29. The van der Waals surface area contributed by atoms with Crippen LogP contribution in [0.3, 0.4) is 0 Å².